The summed E-state index contributed by atoms with van der Waals surface area (Å²) in [4.78, 5) is 10.6. The number of aryl methyl sites for hydroxylation is 1. The van der Waals surface area contributed by atoms with Crippen LogP contribution in [0.3, 0.4) is 0 Å². The zero-order valence-electron chi connectivity index (χ0n) is 8.32. The van der Waals surface area contributed by atoms with E-state index in [4.69, 9.17) is 21.4 Å². The Bertz CT molecular complexity index is 389. The van der Waals surface area contributed by atoms with E-state index in [-0.39, 0.29) is 10.6 Å². The number of hydrogen-bond donors (Lipinski definition) is 2. The van der Waals surface area contributed by atoms with Gasteiger partial charge in [-0.2, -0.15) is 0 Å². The van der Waals surface area contributed by atoms with Crippen molar-refractivity contribution in [3.8, 4) is 5.75 Å². The summed E-state index contributed by atoms with van der Waals surface area (Å²) in [5.41, 5.74) is 0.912. The van der Waals surface area contributed by atoms with Crippen LogP contribution in [-0.4, -0.2) is 23.3 Å². The first-order valence-electron chi connectivity index (χ1n) is 4.22. The highest BCUT2D eigenvalue weighted by Gasteiger charge is 2.20. The van der Waals surface area contributed by atoms with E-state index in [2.05, 4.69) is 0 Å². The summed E-state index contributed by atoms with van der Waals surface area (Å²) in [6.45, 7) is 1.78. The maximum atomic E-state index is 10.6. The van der Waals surface area contributed by atoms with Crippen molar-refractivity contribution < 1.29 is 19.7 Å². The third kappa shape index (κ3) is 2.40. The fourth-order valence-electron chi connectivity index (χ4n) is 1.23. The molecule has 0 aliphatic heterocycles. The monoisotopic (exact) mass is 230 g/mol. The maximum absolute atomic E-state index is 10.6. The van der Waals surface area contributed by atoms with Crippen molar-refractivity contribution in [3.63, 3.8) is 0 Å². The largest absolute Gasteiger partial charge is 0.496 e. The lowest BCUT2D eigenvalue weighted by Gasteiger charge is -2.12. The smallest absolute Gasteiger partial charge is 0.337 e. The lowest BCUT2D eigenvalue weighted by Crippen LogP contribution is -2.11. The molecule has 0 radical (unpaired) electrons. The van der Waals surface area contributed by atoms with Crippen LogP contribution in [0.5, 0.6) is 5.75 Å². The van der Waals surface area contributed by atoms with Gasteiger partial charge in [0.05, 0.1) is 7.11 Å². The van der Waals surface area contributed by atoms with Gasteiger partial charge in [-0.3, -0.25) is 0 Å². The minimum absolute atomic E-state index is 0.131. The van der Waals surface area contributed by atoms with E-state index in [1.165, 1.54) is 13.2 Å². The van der Waals surface area contributed by atoms with Crippen LogP contribution >= 0.6 is 11.6 Å². The van der Waals surface area contributed by atoms with Crippen molar-refractivity contribution >= 4 is 17.6 Å². The molecule has 0 saturated carbocycles. The number of hydrogen-bond acceptors (Lipinski definition) is 3. The molecule has 0 spiro atoms. The maximum Gasteiger partial charge on any atom is 0.337 e. The Balaban J connectivity index is 3.24. The van der Waals surface area contributed by atoms with Crippen LogP contribution in [0, 0.1) is 6.92 Å². The first-order valence-corrected chi connectivity index (χ1v) is 4.60. The van der Waals surface area contributed by atoms with E-state index in [1.54, 1.807) is 13.0 Å². The van der Waals surface area contributed by atoms with Gasteiger partial charge < -0.3 is 14.9 Å². The molecule has 1 aromatic rings. The second-order valence-corrected chi connectivity index (χ2v) is 3.49. The van der Waals surface area contributed by atoms with Crippen LogP contribution in [0.25, 0.3) is 0 Å². The van der Waals surface area contributed by atoms with Crippen LogP contribution in [-0.2, 0) is 4.79 Å². The molecule has 1 rings (SSSR count). The van der Waals surface area contributed by atoms with Gasteiger partial charge in [0, 0.05) is 10.6 Å². The molecular formula is C10H11ClO4. The summed E-state index contributed by atoms with van der Waals surface area (Å²) in [5, 5.41) is 18.2. The zero-order chi connectivity index (χ0) is 11.6. The summed E-state index contributed by atoms with van der Waals surface area (Å²) in [6.07, 6.45) is -1.63. The molecule has 0 aliphatic carbocycles. The number of methoxy groups -OCH3 is 1. The van der Waals surface area contributed by atoms with Crippen LogP contribution in [0.15, 0.2) is 12.1 Å². The van der Waals surface area contributed by atoms with E-state index < -0.39 is 12.1 Å². The summed E-state index contributed by atoms with van der Waals surface area (Å²) in [7, 11) is 1.47. The van der Waals surface area contributed by atoms with Crippen LogP contribution < -0.4 is 4.74 Å². The average Bonchev–Trinajstić information content (AvgIpc) is 2.17. The highest BCUT2D eigenvalue weighted by molar-refractivity contribution is 6.31. The Morgan fingerprint density at radius 3 is 2.60 bits per heavy atom. The predicted octanol–water partition coefficient (Wildman–Crippen LogP) is 1.78. The van der Waals surface area contributed by atoms with Gasteiger partial charge in [-0.05, 0) is 24.6 Å². The van der Waals surface area contributed by atoms with Crippen molar-refractivity contribution in [2.45, 2.75) is 13.0 Å². The van der Waals surface area contributed by atoms with Crippen molar-refractivity contribution in [1.29, 1.82) is 0 Å². The Hall–Kier alpha value is -1.26. The molecule has 1 atom stereocenters. The number of benzene rings is 1. The molecule has 15 heavy (non-hydrogen) atoms. The second kappa shape index (κ2) is 4.51. The fourth-order valence-corrected chi connectivity index (χ4v) is 1.55. The zero-order valence-corrected chi connectivity index (χ0v) is 9.08. The van der Waals surface area contributed by atoms with Crippen LogP contribution in [0.1, 0.15) is 17.2 Å². The molecule has 82 valence electrons. The van der Waals surface area contributed by atoms with E-state index in [1.807, 2.05) is 0 Å². The van der Waals surface area contributed by atoms with Crippen molar-refractivity contribution in [1.82, 2.24) is 0 Å². The number of aliphatic hydroxyl groups excluding tert-OH is 1. The number of aliphatic hydroxyl groups is 1. The van der Waals surface area contributed by atoms with Gasteiger partial charge in [0.15, 0.2) is 6.10 Å². The van der Waals surface area contributed by atoms with Crippen molar-refractivity contribution in [2.75, 3.05) is 7.11 Å². The van der Waals surface area contributed by atoms with Gasteiger partial charge in [0.1, 0.15) is 5.75 Å². The summed E-state index contributed by atoms with van der Waals surface area (Å²) >= 11 is 5.82. The second-order valence-electron chi connectivity index (χ2n) is 3.08. The number of ether oxygens (including phenoxy) is 1. The summed E-state index contributed by atoms with van der Waals surface area (Å²) < 4.78 is 5.01. The summed E-state index contributed by atoms with van der Waals surface area (Å²) in [6, 6.07) is 2.98. The van der Waals surface area contributed by atoms with E-state index in [0.717, 1.165) is 5.56 Å². The van der Waals surface area contributed by atoms with Gasteiger partial charge in [0.2, 0.25) is 0 Å². The molecular weight excluding hydrogens is 220 g/mol. The van der Waals surface area contributed by atoms with Crippen molar-refractivity contribution in [3.05, 3.63) is 28.3 Å². The lowest BCUT2D eigenvalue weighted by molar-refractivity contribution is -0.146. The third-order valence-electron chi connectivity index (χ3n) is 2.04. The van der Waals surface area contributed by atoms with E-state index in [9.17, 15) is 9.90 Å². The van der Waals surface area contributed by atoms with Crippen LogP contribution in [0.4, 0.5) is 0 Å². The van der Waals surface area contributed by atoms with Gasteiger partial charge in [-0.1, -0.05) is 11.6 Å². The molecule has 0 bridgehead atoms. The molecule has 0 fully saturated rings. The highest BCUT2D eigenvalue weighted by Crippen LogP contribution is 2.30. The lowest BCUT2D eigenvalue weighted by atomic mass is 10.1. The third-order valence-corrected chi connectivity index (χ3v) is 2.37. The molecule has 2 N–H and O–H groups in total. The first-order chi connectivity index (χ1) is 6.97. The van der Waals surface area contributed by atoms with Gasteiger partial charge in [-0.15, -0.1) is 0 Å². The van der Waals surface area contributed by atoms with Crippen LogP contribution in [0.2, 0.25) is 5.02 Å². The Kier molecular flexibility index (Phi) is 3.55. The standard InChI is InChI=1S/C10H11ClO4/c1-5-3-7(11)6(4-8(5)15-2)9(12)10(13)14/h3-4,9,12H,1-2H3,(H,13,14). The molecule has 0 aromatic heterocycles. The van der Waals surface area contributed by atoms with Gasteiger partial charge in [0.25, 0.3) is 0 Å². The number of carboxylic acids is 1. The highest BCUT2D eigenvalue weighted by atomic mass is 35.5. The molecule has 4 nitrogen and oxygen atoms in total. The molecule has 0 heterocycles. The van der Waals surface area contributed by atoms with Crippen molar-refractivity contribution in [2.24, 2.45) is 0 Å². The minimum atomic E-state index is -1.63. The molecule has 1 unspecified atom stereocenters. The minimum Gasteiger partial charge on any atom is -0.496 e. The SMILES string of the molecule is COc1cc(C(O)C(=O)O)c(Cl)cc1C. The first kappa shape index (κ1) is 11.8. The predicted molar refractivity (Wildman–Crippen MR) is 55.3 cm³/mol. The number of carbonyl (C=O) groups is 1. The molecule has 5 heteroatoms. The van der Waals surface area contributed by atoms with E-state index >= 15 is 0 Å². The normalized spacial score (nSPS) is 12.3. The molecule has 0 aliphatic rings. The van der Waals surface area contributed by atoms with Gasteiger partial charge >= 0.3 is 5.97 Å². The van der Waals surface area contributed by atoms with Gasteiger partial charge in [-0.25, -0.2) is 4.79 Å². The Labute approximate surface area is 92.1 Å². The topological polar surface area (TPSA) is 66.8 Å². The number of rotatable bonds is 3. The Morgan fingerprint density at radius 2 is 2.13 bits per heavy atom. The molecule has 0 saturated heterocycles. The molecule has 1 aromatic carbocycles. The Morgan fingerprint density at radius 1 is 1.53 bits per heavy atom. The number of halogens is 1. The fraction of sp³-hybridized carbons (Fsp3) is 0.300. The quantitative estimate of drug-likeness (QED) is 0.831. The number of aliphatic carboxylic acids is 1. The summed E-state index contributed by atoms with van der Waals surface area (Å²) in [5.74, 6) is -0.850. The molecule has 0 amide bonds. The number of carboxylic acid groups (broad SMARTS) is 1. The van der Waals surface area contributed by atoms with E-state index in [0.29, 0.717) is 5.75 Å². The average molecular weight is 231 g/mol.